The van der Waals surface area contributed by atoms with Gasteiger partial charge < -0.3 is 10.2 Å². The molecule has 136 valence electrons. The Morgan fingerprint density at radius 2 is 1.75 bits per heavy atom. The lowest BCUT2D eigenvalue weighted by molar-refractivity contribution is 0.192. The molecule has 1 aromatic rings. The van der Waals surface area contributed by atoms with Gasteiger partial charge in [0.15, 0.2) is 0 Å². The van der Waals surface area contributed by atoms with Gasteiger partial charge in [0.05, 0.1) is 6.67 Å². The van der Waals surface area contributed by atoms with E-state index in [1.165, 1.54) is 6.42 Å². The van der Waals surface area contributed by atoms with E-state index < -0.39 is 0 Å². The van der Waals surface area contributed by atoms with Gasteiger partial charge in [0.2, 0.25) is 0 Å². The molecule has 0 aliphatic heterocycles. The van der Waals surface area contributed by atoms with Crippen molar-refractivity contribution in [1.29, 1.82) is 0 Å². The Hall–Kier alpha value is -1.25. The van der Waals surface area contributed by atoms with Gasteiger partial charge in [-0.3, -0.25) is 4.39 Å². The van der Waals surface area contributed by atoms with Crippen LogP contribution in [0.4, 0.5) is 4.39 Å². The van der Waals surface area contributed by atoms with Gasteiger partial charge in [-0.05, 0) is 73.5 Å². The molecule has 1 aromatic carbocycles. The summed E-state index contributed by atoms with van der Waals surface area (Å²) >= 11 is 0. The van der Waals surface area contributed by atoms with Crippen LogP contribution in [0.1, 0.15) is 76.3 Å². The predicted molar refractivity (Wildman–Crippen MR) is 97.4 cm³/mol. The average molecular weight is 336 g/mol. The summed E-state index contributed by atoms with van der Waals surface area (Å²) in [7, 11) is 0. The van der Waals surface area contributed by atoms with Gasteiger partial charge in [-0.2, -0.15) is 0 Å². The van der Waals surface area contributed by atoms with Crippen LogP contribution < -0.4 is 0 Å². The lowest BCUT2D eigenvalue weighted by Crippen LogP contribution is -2.26. The maximum Gasteiger partial charge on any atom is 0.123 e. The zero-order chi connectivity index (χ0) is 17.7. The van der Waals surface area contributed by atoms with Crippen molar-refractivity contribution in [2.24, 2.45) is 17.8 Å². The number of unbranched alkanes of at least 4 members (excludes halogenated alkanes) is 2. The highest BCUT2D eigenvalue weighted by Crippen LogP contribution is 2.49. The third-order valence-corrected chi connectivity index (χ3v) is 5.69. The second-order valence-electron chi connectivity index (χ2n) is 7.98. The highest BCUT2D eigenvalue weighted by molar-refractivity contribution is 5.49. The highest BCUT2D eigenvalue weighted by atomic mass is 19.1. The number of phenolic OH excluding ortho intramolecular Hbond substituents is 2. The van der Waals surface area contributed by atoms with Crippen LogP contribution in [-0.2, 0) is 6.42 Å². The van der Waals surface area contributed by atoms with Gasteiger partial charge in [-0.1, -0.05) is 33.6 Å². The Balaban J connectivity index is 2.19. The molecular formula is C21H33FO2. The quantitative estimate of drug-likeness (QED) is 0.603. The van der Waals surface area contributed by atoms with Crippen molar-refractivity contribution < 1.29 is 14.6 Å². The molecule has 3 unspecified atom stereocenters. The lowest BCUT2D eigenvalue weighted by atomic mass is 9.67. The Morgan fingerprint density at radius 3 is 2.33 bits per heavy atom. The first-order chi connectivity index (χ1) is 11.4. The molecule has 2 nitrogen and oxygen atoms in total. The van der Waals surface area contributed by atoms with Crippen LogP contribution in [0.3, 0.4) is 0 Å². The van der Waals surface area contributed by atoms with Crippen LogP contribution in [0.5, 0.6) is 11.5 Å². The Labute approximate surface area is 146 Å². The van der Waals surface area contributed by atoms with Crippen LogP contribution in [0.25, 0.3) is 0 Å². The minimum Gasteiger partial charge on any atom is -0.508 e. The van der Waals surface area contributed by atoms with Crippen LogP contribution in [0.15, 0.2) is 12.1 Å². The molecule has 24 heavy (non-hydrogen) atoms. The summed E-state index contributed by atoms with van der Waals surface area (Å²) in [6.07, 6.45) is 6.51. The molecular weight excluding hydrogens is 303 g/mol. The largest absolute Gasteiger partial charge is 0.508 e. The van der Waals surface area contributed by atoms with Gasteiger partial charge in [-0.25, -0.2) is 0 Å². The molecule has 0 bridgehead atoms. The number of hydrogen-bond donors (Lipinski definition) is 2. The minimum atomic E-state index is -0.272. The molecule has 3 heteroatoms. The molecule has 0 radical (unpaired) electrons. The van der Waals surface area contributed by atoms with E-state index in [1.807, 2.05) is 0 Å². The van der Waals surface area contributed by atoms with E-state index in [2.05, 4.69) is 20.8 Å². The number of phenols is 2. The van der Waals surface area contributed by atoms with Crippen molar-refractivity contribution in [2.45, 2.75) is 71.6 Å². The van der Waals surface area contributed by atoms with Gasteiger partial charge in [0.25, 0.3) is 0 Å². The van der Waals surface area contributed by atoms with Gasteiger partial charge in [0.1, 0.15) is 11.5 Å². The van der Waals surface area contributed by atoms with Crippen LogP contribution >= 0.6 is 0 Å². The molecule has 0 heterocycles. The van der Waals surface area contributed by atoms with E-state index >= 15 is 0 Å². The van der Waals surface area contributed by atoms with Crippen molar-refractivity contribution in [2.75, 3.05) is 6.67 Å². The predicted octanol–water partition coefficient (Wildman–Crippen LogP) is 5.96. The van der Waals surface area contributed by atoms with E-state index in [-0.39, 0.29) is 24.1 Å². The van der Waals surface area contributed by atoms with E-state index in [4.69, 9.17) is 0 Å². The van der Waals surface area contributed by atoms with Gasteiger partial charge in [-0.15, -0.1) is 0 Å². The minimum absolute atomic E-state index is 0.231. The first-order valence-electron chi connectivity index (χ1n) is 9.54. The second kappa shape index (κ2) is 8.73. The number of halogens is 1. The van der Waals surface area contributed by atoms with Crippen LogP contribution in [0.2, 0.25) is 0 Å². The Morgan fingerprint density at radius 1 is 1.08 bits per heavy atom. The monoisotopic (exact) mass is 336 g/mol. The Kier molecular flexibility index (Phi) is 6.94. The molecule has 1 aliphatic carbocycles. The highest BCUT2D eigenvalue weighted by Gasteiger charge is 2.34. The van der Waals surface area contributed by atoms with Gasteiger partial charge >= 0.3 is 0 Å². The fraction of sp³-hybridized carbons (Fsp3) is 0.714. The molecule has 3 atom stereocenters. The number of benzene rings is 1. The first kappa shape index (κ1) is 19.1. The third kappa shape index (κ3) is 4.64. The fourth-order valence-electron chi connectivity index (χ4n) is 4.34. The van der Waals surface area contributed by atoms with E-state index in [1.54, 1.807) is 12.1 Å². The summed E-state index contributed by atoms with van der Waals surface area (Å²) in [5, 5.41) is 21.2. The Bertz CT molecular complexity index is 504. The summed E-state index contributed by atoms with van der Waals surface area (Å²) in [5.41, 5.74) is 1.69. The number of alkyl halides is 1. The first-order valence-corrected chi connectivity index (χ1v) is 9.54. The van der Waals surface area contributed by atoms with Gasteiger partial charge in [0, 0.05) is 5.56 Å². The van der Waals surface area contributed by atoms with Crippen LogP contribution in [-0.4, -0.2) is 16.9 Å². The molecule has 0 aromatic heterocycles. The summed E-state index contributed by atoms with van der Waals surface area (Å²) in [6, 6.07) is 3.61. The van der Waals surface area contributed by atoms with E-state index in [0.29, 0.717) is 24.2 Å². The number of rotatable bonds is 7. The fourth-order valence-corrected chi connectivity index (χ4v) is 4.34. The molecule has 1 fully saturated rings. The molecule has 2 rings (SSSR count). The molecule has 2 N–H and O–H groups in total. The summed E-state index contributed by atoms with van der Waals surface area (Å²) in [4.78, 5) is 0. The third-order valence-electron chi connectivity index (χ3n) is 5.69. The number of aryl methyl sites for hydroxylation is 1. The number of aromatic hydroxyl groups is 2. The molecule has 1 aliphatic rings. The van der Waals surface area contributed by atoms with E-state index in [9.17, 15) is 14.6 Å². The summed E-state index contributed by atoms with van der Waals surface area (Å²) in [6.45, 7) is 6.46. The van der Waals surface area contributed by atoms with E-state index in [0.717, 1.165) is 43.2 Å². The van der Waals surface area contributed by atoms with Crippen molar-refractivity contribution in [3.63, 3.8) is 0 Å². The second-order valence-corrected chi connectivity index (χ2v) is 7.98. The number of hydrogen-bond acceptors (Lipinski definition) is 2. The molecule has 0 amide bonds. The molecule has 1 saturated carbocycles. The average Bonchev–Trinajstić information content (AvgIpc) is 2.51. The zero-order valence-electron chi connectivity index (χ0n) is 15.4. The topological polar surface area (TPSA) is 40.5 Å². The normalized spacial score (nSPS) is 24.5. The van der Waals surface area contributed by atoms with Crippen molar-refractivity contribution in [3.8, 4) is 11.5 Å². The summed E-state index contributed by atoms with van der Waals surface area (Å²) in [5.74, 6) is 2.38. The van der Waals surface area contributed by atoms with Crippen molar-refractivity contribution in [1.82, 2.24) is 0 Å². The maximum absolute atomic E-state index is 12.2. The van der Waals surface area contributed by atoms with Crippen LogP contribution in [0, 0.1) is 17.8 Å². The molecule has 0 saturated heterocycles. The lowest BCUT2D eigenvalue weighted by Gasteiger charge is -2.38. The van der Waals surface area contributed by atoms with Crippen molar-refractivity contribution in [3.05, 3.63) is 23.3 Å². The molecule has 0 spiro atoms. The van der Waals surface area contributed by atoms with Crippen molar-refractivity contribution >= 4 is 0 Å². The summed E-state index contributed by atoms with van der Waals surface area (Å²) < 4.78 is 12.2. The maximum atomic E-state index is 12.2. The zero-order valence-corrected chi connectivity index (χ0v) is 15.4. The SMILES string of the molecule is CC1CCC(C(C)C)C(c2c(O)cc(CCCCCF)cc2O)C1. The smallest absolute Gasteiger partial charge is 0.123 e. The standard InChI is InChI=1S/C21H33FO2/c1-14(2)17-9-8-15(3)11-18(17)21-19(23)12-16(13-20(21)24)7-5-4-6-10-22/h12-15,17-18,23-24H,4-11H2,1-3H3.